The topological polar surface area (TPSA) is 43.1 Å². The number of allylic oxidation sites excluding steroid dienone is 1. The molecule has 46 valence electrons. The van der Waals surface area contributed by atoms with E-state index in [0.717, 1.165) is 6.29 Å². The first-order valence-corrected chi connectivity index (χ1v) is 2.55. The van der Waals surface area contributed by atoms with Crippen molar-refractivity contribution >= 4 is 6.29 Å². The fourth-order valence-electron chi connectivity index (χ4n) is 0.462. The van der Waals surface area contributed by atoms with Gasteiger partial charge in [-0.05, 0) is 6.42 Å². The molecule has 0 aliphatic rings. The maximum absolute atomic E-state index is 9.94. The van der Waals surface area contributed by atoms with Crippen LogP contribution < -0.4 is 5.73 Å². The molecule has 0 aromatic heterocycles. The van der Waals surface area contributed by atoms with Gasteiger partial charge in [-0.25, -0.2) is 0 Å². The predicted octanol–water partition coefficient (Wildman–Crippen LogP) is 0.684. The molecule has 1 atom stereocenters. The van der Waals surface area contributed by atoms with Gasteiger partial charge in [0.25, 0.3) is 0 Å². The van der Waals surface area contributed by atoms with Crippen molar-refractivity contribution in [2.45, 2.75) is 13.3 Å². The second-order valence-corrected chi connectivity index (χ2v) is 1.98. The number of hydrogen-bond acceptors (Lipinski definition) is 2. The minimum atomic E-state index is 0.0208. The highest BCUT2D eigenvalue weighted by Gasteiger charge is 1.97. The summed E-state index contributed by atoms with van der Waals surface area (Å²) in [4.78, 5) is 9.94. The Balaban J connectivity index is 3.38. The molecule has 0 saturated heterocycles. The minimum Gasteiger partial charge on any atom is -0.402 e. The van der Waals surface area contributed by atoms with E-state index < -0.39 is 0 Å². The molecular weight excluding hydrogens is 102 g/mol. The molecule has 2 N–H and O–H groups in total. The molecule has 0 radical (unpaired) electrons. The molecular formula is C6H11NO. The molecule has 0 amide bonds. The van der Waals surface area contributed by atoms with Crippen molar-refractivity contribution in [3.05, 3.63) is 12.3 Å². The summed E-state index contributed by atoms with van der Waals surface area (Å²) in [6, 6.07) is 0. The lowest BCUT2D eigenvalue weighted by molar-refractivity contribution is -0.110. The molecule has 2 heteroatoms. The van der Waals surface area contributed by atoms with E-state index in [1.54, 1.807) is 0 Å². The maximum Gasteiger partial charge on any atom is 0.123 e. The van der Waals surface area contributed by atoms with Crippen LogP contribution >= 0.6 is 0 Å². The largest absolute Gasteiger partial charge is 0.402 e. The van der Waals surface area contributed by atoms with Crippen LogP contribution in [0.25, 0.3) is 0 Å². The van der Waals surface area contributed by atoms with Crippen LogP contribution in [-0.4, -0.2) is 6.29 Å². The molecule has 0 aromatic carbocycles. The SMILES string of the molecule is C=C(N)CC(C)C=O. The zero-order valence-electron chi connectivity index (χ0n) is 5.05. The van der Waals surface area contributed by atoms with Crippen LogP contribution in [0.4, 0.5) is 0 Å². The summed E-state index contributed by atoms with van der Waals surface area (Å²) in [6.45, 7) is 5.27. The molecule has 0 fully saturated rings. The van der Waals surface area contributed by atoms with Crippen LogP contribution in [0.1, 0.15) is 13.3 Å². The van der Waals surface area contributed by atoms with Crippen LogP contribution in [0.2, 0.25) is 0 Å². The zero-order chi connectivity index (χ0) is 6.57. The monoisotopic (exact) mass is 113 g/mol. The first kappa shape index (κ1) is 7.21. The van der Waals surface area contributed by atoms with Gasteiger partial charge in [0.15, 0.2) is 0 Å². The normalized spacial score (nSPS) is 12.6. The fraction of sp³-hybridized carbons (Fsp3) is 0.500. The summed E-state index contributed by atoms with van der Waals surface area (Å²) in [7, 11) is 0. The summed E-state index contributed by atoms with van der Waals surface area (Å²) in [5.41, 5.74) is 5.79. The summed E-state index contributed by atoms with van der Waals surface area (Å²) >= 11 is 0. The van der Waals surface area contributed by atoms with Crippen molar-refractivity contribution in [3.8, 4) is 0 Å². The second-order valence-electron chi connectivity index (χ2n) is 1.98. The Morgan fingerprint density at radius 1 is 2.00 bits per heavy atom. The Bertz CT molecular complexity index is 98.7. The summed E-state index contributed by atoms with van der Waals surface area (Å²) in [5.74, 6) is 0.0208. The lowest BCUT2D eigenvalue weighted by Gasteiger charge is -1.99. The molecule has 0 spiro atoms. The Hall–Kier alpha value is -0.790. The number of hydrogen-bond donors (Lipinski definition) is 1. The highest BCUT2D eigenvalue weighted by Crippen LogP contribution is 2.00. The van der Waals surface area contributed by atoms with Gasteiger partial charge in [0.2, 0.25) is 0 Å². The standard InChI is InChI=1S/C6H11NO/c1-5(4-8)3-6(2)7/h4-5H,2-3,7H2,1H3. The summed E-state index contributed by atoms with van der Waals surface area (Å²) in [5, 5.41) is 0. The summed E-state index contributed by atoms with van der Waals surface area (Å²) in [6.07, 6.45) is 1.47. The van der Waals surface area contributed by atoms with Gasteiger partial charge < -0.3 is 10.5 Å². The third kappa shape index (κ3) is 3.40. The van der Waals surface area contributed by atoms with E-state index in [1.165, 1.54) is 0 Å². The Morgan fingerprint density at radius 3 is 2.62 bits per heavy atom. The smallest absolute Gasteiger partial charge is 0.123 e. The number of aldehydes is 1. The predicted molar refractivity (Wildman–Crippen MR) is 33.2 cm³/mol. The van der Waals surface area contributed by atoms with Crippen LogP contribution in [0.15, 0.2) is 12.3 Å². The van der Waals surface area contributed by atoms with Gasteiger partial charge in [-0.3, -0.25) is 0 Å². The lowest BCUT2D eigenvalue weighted by atomic mass is 10.1. The van der Waals surface area contributed by atoms with E-state index in [-0.39, 0.29) is 5.92 Å². The van der Waals surface area contributed by atoms with E-state index in [9.17, 15) is 4.79 Å². The average Bonchev–Trinajstić information content (AvgIpc) is 1.65. The highest BCUT2D eigenvalue weighted by atomic mass is 16.1. The molecule has 0 aromatic rings. The summed E-state index contributed by atoms with van der Waals surface area (Å²) < 4.78 is 0. The second kappa shape index (κ2) is 3.24. The number of nitrogens with two attached hydrogens (primary N) is 1. The molecule has 1 unspecified atom stereocenters. The third-order valence-electron chi connectivity index (χ3n) is 0.816. The Kier molecular flexibility index (Phi) is 2.92. The molecule has 0 aliphatic heterocycles. The Morgan fingerprint density at radius 2 is 2.50 bits per heavy atom. The van der Waals surface area contributed by atoms with Gasteiger partial charge in [-0.2, -0.15) is 0 Å². The van der Waals surface area contributed by atoms with E-state index >= 15 is 0 Å². The quantitative estimate of drug-likeness (QED) is 0.547. The van der Waals surface area contributed by atoms with Crippen molar-refractivity contribution in [1.29, 1.82) is 0 Å². The van der Waals surface area contributed by atoms with Crippen LogP contribution in [0.5, 0.6) is 0 Å². The van der Waals surface area contributed by atoms with Gasteiger partial charge in [0, 0.05) is 11.6 Å². The van der Waals surface area contributed by atoms with Gasteiger partial charge in [-0.15, -0.1) is 0 Å². The first-order chi connectivity index (χ1) is 3.66. The first-order valence-electron chi connectivity index (χ1n) is 2.55. The Labute approximate surface area is 49.4 Å². The van der Waals surface area contributed by atoms with E-state index in [4.69, 9.17) is 5.73 Å². The number of rotatable bonds is 3. The van der Waals surface area contributed by atoms with E-state index in [2.05, 4.69) is 6.58 Å². The van der Waals surface area contributed by atoms with Gasteiger partial charge in [-0.1, -0.05) is 13.5 Å². The molecule has 2 nitrogen and oxygen atoms in total. The third-order valence-corrected chi connectivity index (χ3v) is 0.816. The highest BCUT2D eigenvalue weighted by molar-refractivity contribution is 5.53. The van der Waals surface area contributed by atoms with Gasteiger partial charge >= 0.3 is 0 Å². The molecule has 0 saturated carbocycles. The lowest BCUT2D eigenvalue weighted by Crippen LogP contribution is -2.02. The van der Waals surface area contributed by atoms with Gasteiger partial charge in [0.05, 0.1) is 0 Å². The van der Waals surface area contributed by atoms with Crippen molar-refractivity contribution in [3.63, 3.8) is 0 Å². The van der Waals surface area contributed by atoms with E-state index in [1.807, 2.05) is 6.92 Å². The van der Waals surface area contributed by atoms with Crippen LogP contribution in [-0.2, 0) is 4.79 Å². The number of carbonyl (C=O) groups excluding carboxylic acids is 1. The maximum atomic E-state index is 9.94. The zero-order valence-corrected chi connectivity index (χ0v) is 5.05. The molecule has 0 aliphatic carbocycles. The fourth-order valence-corrected chi connectivity index (χ4v) is 0.462. The van der Waals surface area contributed by atoms with Crippen LogP contribution in [0.3, 0.4) is 0 Å². The van der Waals surface area contributed by atoms with Gasteiger partial charge in [0.1, 0.15) is 6.29 Å². The minimum absolute atomic E-state index is 0.0208. The molecule has 0 bridgehead atoms. The van der Waals surface area contributed by atoms with E-state index in [0.29, 0.717) is 12.1 Å². The van der Waals surface area contributed by atoms with Crippen molar-refractivity contribution < 1.29 is 4.79 Å². The van der Waals surface area contributed by atoms with Crippen molar-refractivity contribution in [1.82, 2.24) is 0 Å². The van der Waals surface area contributed by atoms with Crippen LogP contribution in [0, 0.1) is 5.92 Å². The molecule has 0 rings (SSSR count). The van der Waals surface area contributed by atoms with Crippen molar-refractivity contribution in [2.75, 3.05) is 0 Å². The number of carbonyl (C=O) groups is 1. The average molecular weight is 113 g/mol. The van der Waals surface area contributed by atoms with Crippen molar-refractivity contribution in [2.24, 2.45) is 11.7 Å². The molecule has 0 heterocycles. The molecule has 8 heavy (non-hydrogen) atoms.